The maximum Gasteiger partial charge on any atom is 0 e. The minimum Gasteiger partial charge on any atom is -0.554 e. The summed E-state index contributed by atoms with van der Waals surface area (Å²) in [5.41, 5.74) is 0. The van der Waals surface area contributed by atoms with E-state index in [1.807, 2.05) is 6.92 Å². The molecule has 0 aliphatic carbocycles. The largest absolute Gasteiger partial charge is 0.554 e. The molecule has 0 saturated carbocycles. The summed E-state index contributed by atoms with van der Waals surface area (Å²) in [6.45, 7) is 3.78. The van der Waals surface area contributed by atoms with Crippen molar-refractivity contribution in [1.29, 1.82) is 0 Å². The fourth-order valence-electron chi connectivity index (χ4n) is 0.167. The van der Waals surface area contributed by atoms with E-state index in [9.17, 15) is 0 Å². The third kappa shape index (κ3) is 8.91. The third-order valence-corrected chi connectivity index (χ3v) is 0.333. The maximum atomic E-state index is 4.57. The maximum absolute atomic E-state index is 4.57. The average Bonchev–Trinajstić information content (AvgIpc) is 1.41. The normalized spacial score (nSPS) is 7.00. The van der Waals surface area contributed by atoms with Crippen LogP contribution in [0.15, 0.2) is 0 Å². The molecule has 0 heterocycles. The van der Waals surface area contributed by atoms with E-state index in [4.69, 9.17) is 0 Å². The van der Waals surface area contributed by atoms with Gasteiger partial charge in [0.25, 0.3) is 0 Å². The molecule has 1 radical (unpaired) electrons. The van der Waals surface area contributed by atoms with Gasteiger partial charge in [0.1, 0.15) is 0 Å². The second-order valence-corrected chi connectivity index (χ2v) is 0.811. The monoisotopic (exact) mass is 162 g/mol. The van der Waals surface area contributed by atoms with Gasteiger partial charge in [-0.1, -0.05) is 6.92 Å². The molecule has 0 aliphatic rings. The molecule has 1 nitrogen and oxygen atoms in total. The molecular weight excluding hydrogens is 153 g/mol. The van der Waals surface area contributed by atoms with Gasteiger partial charge in [-0.3, -0.25) is 0 Å². The minimum absolute atomic E-state index is 0. The van der Waals surface area contributed by atoms with Crippen molar-refractivity contribution in [2.45, 2.75) is 13.3 Å². The Hall–Kier alpha value is 1.06. The van der Waals surface area contributed by atoms with Crippen LogP contribution in [-0.4, -0.2) is 7.11 Å². The Balaban J connectivity index is 0. The fourth-order valence-corrected chi connectivity index (χ4v) is 0.167. The molecule has 0 rings (SSSR count). The first-order valence-electron chi connectivity index (χ1n) is 1.76. The summed E-state index contributed by atoms with van der Waals surface area (Å²) in [6.07, 6.45) is 0.997. The van der Waals surface area contributed by atoms with Crippen molar-refractivity contribution in [2.75, 3.05) is 7.11 Å². The van der Waals surface area contributed by atoms with E-state index in [0.717, 1.165) is 6.42 Å². The third-order valence-electron chi connectivity index (χ3n) is 0.333. The number of methoxy groups -OCH3 is 1. The van der Waals surface area contributed by atoms with Gasteiger partial charge in [0.05, 0.1) is 0 Å². The van der Waals surface area contributed by atoms with Crippen molar-refractivity contribution in [3.63, 3.8) is 0 Å². The molecule has 0 saturated heterocycles. The zero-order valence-corrected chi connectivity index (χ0v) is 7.11. The molecule has 0 atom stereocenters. The Bertz CT molecular complexity index is 15.0. The second-order valence-electron chi connectivity index (χ2n) is 0.811. The van der Waals surface area contributed by atoms with Crippen molar-refractivity contribution in [2.24, 2.45) is 0 Å². The van der Waals surface area contributed by atoms with Crippen LogP contribution in [0.1, 0.15) is 13.3 Å². The molecule has 2 heteroatoms. The first-order chi connectivity index (χ1) is 2.41. The van der Waals surface area contributed by atoms with Gasteiger partial charge in [0.15, 0.2) is 0 Å². The van der Waals surface area contributed by atoms with Gasteiger partial charge in [-0.15, -0.1) is 0 Å². The molecule has 0 N–H and O–H groups in total. The van der Waals surface area contributed by atoms with Gasteiger partial charge < -0.3 is 4.74 Å². The summed E-state index contributed by atoms with van der Waals surface area (Å²) in [6, 6.07) is 0. The van der Waals surface area contributed by atoms with Crippen LogP contribution in [0.4, 0.5) is 0 Å². The summed E-state index contributed by atoms with van der Waals surface area (Å²) < 4.78 is 4.57. The van der Waals surface area contributed by atoms with E-state index >= 15 is 0 Å². The first-order valence-corrected chi connectivity index (χ1v) is 1.76. The summed E-state index contributed by atoms with van der Waals surface area (Å²) in [5, 5.41) is 0. The van der Waals surface area contributed by atoms with E-state index in [-0.39, 0.29) is 32.7 Å². The van der Waals surface area contributed by atoms with Crippen LogP contribution in [0.2, 0.25) is 0 Å². The zero-order chi connectivity index (χ0) is 4.12. The van der Waals surface area contributed by atoms with Crippen LogP contribution in [0.5, 0.6) is 0 Å². The summed E-state index contributed by atoms with van der Waals surface area (Å²) in [7, 11) is 1.66. The molecule has 0 amide bonds. The Labute approximate surface area is 64.3 Å². The van der Waals surface area contributed by atoms with Crippen LogP contribution in [-0.2, 0) is 37.4 Å². The number of ether oxygens (including phenoxy) is 1. The van der Waals surface area contributed by atoms with Crippen molar-refractivity contribution >= 4 is 0 Å². The van der Waals surface area contributed by atoms with Gasteiger partial charge in [0, 0.05) is 32.7 Å². The predicted octanol–water partition coefficient (Wildman–Crippen LogP) is 1.20. The summed E-state index contributed by atoms with van der Waals surface area (Å²) in [5.74, 6) is 0. The molecule has 35 valence electrons. The first kappa shape index (κ1) is 10.1. The molecule has 0 aliphatic heterocycles. The van der Waals surface area contributed by atoms with Crippen LogP contribution in [0.25, 0.3) is 0 Å². The number of rotatable bonds is 2. The van der Waals surface area contributed by atoms with Crippen LogP contribution >= 0.6 is 0 Å². The smallest absolute Gasteiger partial charge is 0 e. The van der Waals surface area contributed by atoms with Crippen LogP contribution in [0, 0.1) is 6.61 Å². The molecule has 0 bridgehead atoms. The molecule has 0 aromatic rings. The Morgan fingerprint density at radius 3 is 2.17 bits per heavy atom. The summed E-state index contributed by atoms with van der Waals surface area (Å²) in [4.78, 5) is 0. The van der Waals surface area contributed by atoms with Crippen LogP contribution < -0.4 is 0 Å². The van der Waals surface area contributed by atoms with E-state index in [0.29, 0.717) is 0 Å². The SMILES string of the molecule is CC[CH-]OC.[Y]. The van der Waals surface area contributed by atoms with Gasteiger partial charge in [-0.2, -0.15) is 6.42 Å². The Morgan fingerprint density at radius 2 is 2.17 bits per heavy atom. The minimum atomic E-state index is 0. The molecular formula is C4H9OY-. The molecule has 0 fully saturated rings. The van der Waals surface area contributed by atoms with Crippen molar-refractivity contribution < 1.29 is 37.4 Å². The molecule has 0 unspecified atom stereocenters. The van der Waals surface area contributed by atoms with Crippen molar-refractivity contribution in [1.82, 2.24) is 0 Å². The number of hydrogen-bond donors (Lipinski definition) is 0. The van der Waals surface area contributed by atoms with Crippen molar-refractivity contribution in [3.05, 3.63) is 6.61 Å². The van der Waals surface area contributed by atoms with E-state index in [1.165, 1.54) is 0 Å². The predicted molar refractivity (Wildman–Crippen MR) is 21.6 cm³/mol. The summed E-state index contributed by atoms with van der Waals surface area (Å²) >= 11 is 0. The average molecular weight is 162 g/mol. The quantitative estimate of drug-likeness (QED) is 0.554. The van der Waals surface area contributed by atoms with E-state index in [2.05, 4.69) is 4.74 Å². The van der Waals surface area contributed by atoms with Gasteiger partial charge in [-0.25, -0.2) is 6.61 Å². The van der Waals surface area contributed by atoms with Gasteiger partial charge in [-0.05, 0) is 7.11 Å². The zero-order valence-electron chi connectivity index (χ0n) is 4.27. The van der Waals surface area contributed by atoms with E-state index < -0.39 is 0 Å². The van der Waals surface area contributed by atoms with E-state index in [1.54, 1.807) is 13.7 Å². The second kappa shape index (κ2) is 9.42. The van der Waals surface area contributed by atoms with Crippen LogP contribution in [0.3, 0.4) is 0 Å². The molecule has 0 aromatic carbocycles. The molecule has 0 spiro atoms. The molecule has 0 aromatic heterocycles. The van der Waals surface area contributed by atoms with Gasteiger partial charge in [0.2, 0.25) is 0 Å². The standard InChI is InChI=1S/C4H9O.Y/c1-3-4-5-2;/h4H,3H2,1-2H3;/q-1;. The molecule has 6 heavy (non-hydrogen) atoms. The fraction of sp³-hybridized carbons (Fsp3) is 0.750. The Morgan fingerprint density at radius 1 is 1.67 bits per heavy atom. The topological polar surface area (TPSA) is 9.23 Å². The Kier molecular flexibility index (Phi) is 15.9. The van der Waals surface area contributed by atoms with Crippen molar-refractivity contribution in [3.8, 4) is 0 Å². The number of hydrogen-bond acceptors (Lipinski definition) is 1. The van der Waals surface area contributed by atoms with Gasteiger partial charge >= 0.3 is 0 Å².